The van der Waals surface area contributed by atoms with E-state index in [2.05, 4.69) is 0 Å². The highest BCUT2D eigenvalue weighted by Gasteiger charge is 2.22. The molecule has 2 heteroatoms. The lowest BCUT2D eigenvalue weighted by Crippen LogP contribution is -2.23. The zero-order valence-electron chi connectivity index (χ0n) is 6.58. The molecular formula is C9H11NO. The summed E-state index contributed by atoms with van der Waals surface area (Å²) in [4.78, 5) is 11.5. The van der Waals surface area contributed by atoms with Gasteiger partial charge in [-0.25, -0.2) is 0 Å². The maximum absolute atomic E-state index is 11.5. The molecule has 1 aromatic heterocycles. The Morgan fingerprint density at radius 3 is 3.27 bits per heavy atom. The average Bonchev–Trinajstić information content (AvgIpc) is 2.45. The van der Waals surface area contributed by atoms with E-state index in [9.17, 15) is 4.79 Å². The molecule has 0 aliphatic carbocycles. The predicted molar refractivity (Wildman–Crippen MR) is 42.5 cm³/mol. The summed E-state index contributed by atoms with van der Waals surface area (Å²) in [5.41, 5.74) is 0.878. The van der Waals surface area contributed by atoms with Crippen LogP contribution in [0.15, 0.2) is 18.3 Å². The lowest BCUT2D eigenvalue weighted by molar-refractivity contribution is 0.0891. The Morgan fingerprint density at radius 1 is 1.64 bits per heavy atom. The number of aryl methyl sites for hydroxylation is 1. The van der Waals surface area contributed by atoms with Crippen LogP contribution < -0.4 is 0 Å². The molecule has 0 amide bonds. The monoisotopic (exact) mass is 149 g/mol. The van der Waals surface area contributed by atoms with Crippen molar-refractivity contribution in [3.63, 3.8) is 0 Å². The third-order valence-electron chi connectivity index (χ3n) is 2.33. The zero-order chi connectivity index (χ0) is 7.84. The molecule has 0 saturated carbocycles. The molecule has 2 heterocycles. The van der Waals surface area contributed by atoms with Crippen LogP contribution in [0.4, 0.5) is 0 Å². The van der Waals surface area contributed by atoms with E-state index < -0.39 is 0 Å². The van der Waals surface area contributed by atoms with Gasteiger partial charge in [0.1, 0.15) is 0 Å². The Balaban J connectivity index is 2.46. The van der Waals surface area contributed by atoms with Crippen LogP contribution in [-0.2, 0) is 6.54 Å². The molecule has 0 saturated heterocycles. The molecule has 1 atom stereocenters. The van der Waals surface area contributed by atoms with Crippen molar-refractivity contribution in [2.45, 2.75) is 19.9 Å². The minimum atomic E-state index is 0.220. The Hall–Kier alpha value is -1.05. The summed E-state index contributed by atoms with van der Waals surface area (Å²) in [6.07, 6.45) is 2.96. The number of nitrogens with zero attached hydrogens (tertiary/aromatic N) is 1. The molecule has 0 unspecified atom stereocenters. The van der Waals surface area contributed by atoms with Crippen LogP contribution in [0, 0.1) is 5.92 Å². The maximum Gasteiger partial charge on any atom is 0.182 e. The first-order valence-corrected chi connectivity index (χ1v) is 3.98. The standard InChI is InChI=1S/C9H11NO/c1-7-4-6-10-5-2-3-8(10)9(7)11/h2-3,5,7H,4,6H2,1H3/t7-/m1/s1. The van der Waals surface area contributed by atoms with Gasteiger partial charge in [0.25, 0.3) is 0 Å². The molecule has 0 spiro atoms. The summed E-state index contributed by atoms with van der Waals surface area (Å²) in [5, 5.41) is 0. The van der Waals surface area contributed by atoms with Crippen LogP contribution in [0.25, 0.3) is 0 Å². The first-order valence-electron chi connectivity index (χ1n) is 3.98. The van der Waals surface area contributed by atoms with Gasteiger partial charge in [-0.1, -0.05) is 6.92 Å². The number of Topliss-reactive ketones (excluding diaryl/α,β-unsaturated/α-hetero) is 1. The fourth-order valence-electron chi connectivity index (χ4n) is 1.55. The van der Waals surface area contributed by atoms with Crippen LogP contribution in [0.3, 0.4) is 0 Å². The van der Waals surface area contributed by atoms with Gasteiger partial charge in [-0.3, -0.25) is 4.79 Å². The van der Waals surface area contributed by atoms with Gasteiger partial charge in [0.2, 0.25) is 0 Å². The normalized spacial score (nSPS) is 23.4. The van der Waals surface area contributed by atoms with E-state index in [0.29, 0.717) is 5.78 Å². The van der Waals surface area contributed by atoms with Crippen molar-refractivity contribution in [3.05, 3.63) is 24.0 Å². The number of carbonyl (C=O) groups is 1. The van der Waals surface area contributed by atoms with Gasteiger partial charge in [0.15, 0.2) is 5.78 Å². The fraction of sp³-hybridized carbons (Fsp3) is 0.444. The topological polar surface area (TPSA) is 22.0 Å². The Morgan fingerprint density at radius 2 is 2.45 bits per heavy atom. The van der Waals surface area contributed by atoms with E-state index in [0.717, 1.165) is 18.7 Å². The van der Waals surface area contributed by atoms with Crippen LogP contribution in [-0.4, -0.2) is 10.4 Å². The van der Waals surface area contributed by atoms with Gasteiger partial charge in [0.05, 0.1) is 5.69 Å². The molecular weight excluding hydrogens is 138 g/mol. The van der Waals surface area contributed by atoms with Crippen LogP contribution in [0.5, 0.6) is 0 Å². The maximum atomic E-state index is 11.5. The Kier molecular flexibility index (Phi) is 1.34. The zero-order valence-corrected chi connectivity index (χ0v) is 6.58. The van der Waals surface area contributed by atoms with Crippen molar-refractivity contribution < 1.29 is 4.79 Å². The molecule has 0 radical (unpaired) electrons. The van der Waals surface area contributed by atoms with Gasteiger partial charge in [-0.05, 0) is 18.6 Å². The predicted octanol–water partition coefficient (Wildman–Crippen LogP) is 1.71. The molecule has 0 N–H and O–H groups in total. The number of ketones is 1. The number of hydrogen-bond donors (Lipinski definition) is 0. The molecule has 1 aliphatic heterocycles. The van der Waals surface area contributed by atoms with Crippen molar-refractivity contribution in [1.29, 1.82) is 0 Å². The van der Waals surface area contributed by atoms with E-state index in [1.54, 1.807) is 0 Å². The second-order valence-electron chi connectivity index (χ2n) is 3.14. The quantitative estimate of drug-likeness (QED) is 0.550. The van der Waals surface area contributed by atoms with Crippen LogP contribution in [0.1, 0.15) is 23.8 Å². The highest BCUT2D eigenvalue weighted by Crippen LogP contribution is 2.19. The van der Waals surface area contributed by atoms with Gasteiger partial charge in [-0.2, -0.15) is 0 Å². The highest BCUT2D eigenvalue weighted by molar-refractivity contribution is 5.96. The first kappa shape index (κ1) is 6.65. The SMILES string of the molecule is C[C@@H]1CCn2cccc2C1=O. The molecule has 1 aromatic rings. The summed E-state index contributed by atoms with van der Waals surface area (Å²) in [6.45, 7) is 2.99. The van der Waals surface area contributed by atoms with Crippen molar-refractivity contribution in [1.82, 2.24) is 4.57 Å². The molecule has 1 aliphatic rings. The minimum Gasteiger partial charge on any atom is -0.345 e. The van der Waals surface area contributed by atoms with E-state index in [-0.39, 0.29) is 5.92 Å². The lowest BCUT2D eigenvalue weighted by atomic mass is 9.97. The van der Waals surface area contributed by atoms with Crippen molar-refractivity contribution in [3.8, 4) is 0 Å². The molecule has 0 aromatic carbocycles. The van der Waals surface area contributed by atoms with Crippen LogP contribution >= 0.6 is 0 Å². The van der Waals surface area contributed by atoms with Crippen molar-refractivity contribution >= 4 is 5.78 Å². The summed E-state index contributed by atoms with van der Waals surface area (Å²) in [7, 11) is 0. The number of rotatable bonds is 0. The number of fused-ring (bicyclic) bond motifs is 1. The molecule has 11 heavy (non-hydrogen) atoms. The number of aromatic nitrogens is 1. The fourth-order valence-corrected chi connectivity index (χ4v) is 1.55. The third-order valence-corrected chi connectivity index (χ3v) is 2.33. The molecule has 2 rings (SSSR count). The second kappa shape index (κ2) is 2.22. The number of carbonyl (C=O) groups excluding carboxylic acids is 1. The Labute approximate surface area is 65.8 Å². The molecule has 58 valence electrons. The summed E-state index contributed by atoms with van der Waals surface area (Å²) in [6, 6.07) is 3.84. The molecule has 0 fully saturated rings. The second-order valence-corrected chi connectivity index (χ2v) is 3.14. The van der Waals surface area contributed by atoms with Crippen molar-refractivity contribution in [2.24, 2.45) is 5.92 Å². The van der Waals surface area contributed by atoms with E-state index in [4.69, 9.17) is 0 Å². The highest BCUT2D eigenvalue weighted by atomic mass is 16.1. The number of hydrogen-bond acceptors (Lipinski definition) is 1. The molecule has 2 nitrogen and oxygen atoms in total. The average molecular weight is 149 g/mol. The van der Waals surface area contributed by atoms with Gasteiger partial charge < -0.3 is 4.57 Å². The third kappa shape index (κ3) is 0.897. The van der Waals surface area contributed by atoms with Gasteiger partial charge in [0, 0.05) is 18.7 Å². The molecule has 0 bridgehead atoms. The lowest BCUT2D eigenvalue weighted by Gasteiger charge is -2.19. The van der Waals surface area contributed by atoms with E-state index in [1.165, 1.54) is 0 Å². The smallest absolute Gasteiger partial charge is 0.182 e. The largest absolute Gasteiger partial charge is 0.345 e. The summed E-state index contributed by atoms with van der Waals surface area (Å²) in [5.74, 6) is 0.513. The van der Waals surface area contributed by atoms with E-state index in [1.807, 2.05) is 29.8 Å². The van der Waals surface area contributed by atoms with E-state index >= 15 is 0 Å². The van der Waals surface area contributed by atoms with Crippen molar-refractivity contribution in [2.75, 3.05) is 0 Å². The summed E-state index contributed by atoms with van der Waals surface area (Å²) < 4.78 is 2.03. The Bertz CT molecular complexity index is 288. The van der Waals surface area contributed by atoms with Gasteiger partial charge in [-0.15, -0.1) is 0 Å². The van der Waals surface area contributed by atoms with Gasteiger partial charge >= 0.3 is 0 Å². The summed E-state index contributed by atoms with van der Waals surface area (Å²) >= 11 is 0. The van der Waals surface area contributed by atoms with Crippen LogP contribution in [0.2, 0.25) is 0 Å². The minimum absolute atomic E-state index is 0.220. The first-order chi connectivity index (χ1) is 5.29.